The molecule has 4 nitrogen and oxygen atoms in total. The summed E-state index contributed by atoms with van der Waals surface area (Å²) < 4.78 is 51.5. The first kappa shape index (κ1) is 16.3. The van der Waals surface area contributed by atoms with E-state index < -0.39 is 35.8 Å². The lowest BCUT2D eigenvalue weighted by molar-refractivity contribution is -0.150. The molecule has 0 aromatic heterocycles. The Balaban J connectivity index is 2.15. The molecule has 1 aliphatic heterocycles. The van der Waals surface area contributed by atoms with Gasteiger partial charge in [-0.3, -0.25) is 4.79 Å². The summed E-state index contributed by atoms with van der Waals surface area (Å²) in [4.78, 5) is 23.9. The number of nitrogens with zero attached hydrogens (tertiary/aromatic N) is 1. The number of rotatable bonds is 3. The Bertz CT molecular complexity index is 570. The number of carboxylic acids is 1. The third-order valence-electron chi connectivity index (χ3n) is 3.57. The number of benzene rings is 1. The minimum absolute atomic E-state index is 0.122. The molecule has 1 aromatic carbocycles. The summed E-state index contributed by atoms with van der Waals surface area (Å²) in [5, 5.41) is 8.97. The molecule has 0 radical (unpaired) electrons. The smallest absolute Gasteiger partial charge is 0.416 e. The van der Waals surface area contributed by atoms with Gasteiger partial charge in [0.1, 0.15) is 6.04 Å². The number of carbonyl (C=O) groups is 2. The van der Waals surface area contributed by atoms with Crippen molar-refractivity contribution < 1.29 is 32.3 Å². The average molecular weight is 319 g/mol. The van der Waals surface area contributed by atoms with Crippen LogP contribution in [0.5, 0.6) is 0 Å². The predicted octanol–water partition coefficient (Wildman–Crippen LogP) is 2.79. The van der Waals surface area contributed by atoms with Crippen LogP contribution >= 0.6 is 0 Å². The monoisotopic (exact) mass is 319 g/mol. The second kappa shape index (κ2) is 5.94. The van der Waals surface area contributed by atoms with Crippen LogP contribution in [0, 0.1) is 0 Å². The molecular formula is C14H13F4NO3. The first-order chi connectivity index (χ1) is 10.2. The first-order valence-corrected chi connectivity index (χ1v) is 6.56. The number of amides is 1. The summed E-state index contributed by atoms with van der Waals surface area (Å²) in [5.41, 5.74) is -1.17. The van der Waals surface area contributed by atoms with E-state index in [9.17, 15) is 27.2 Å². The van der Waals surface area contributed by atoms with Gasteiger partial charge in [0.25, 0.3) is 5.91 Å². The van der Waals surface area contributed by atoms with Crippen LogP contribution in [0.2, 0.25) is 0 Å². The van der Waals surface area contributed by atoms with E-state index in [0.717, 1.165) is 17.0 Å². The van der Waals surface area contributed by atoms with E-state index in [-0.39, 0.29) is 18.5 Å². The summed E-state index contributed by atoms with van der Waals surface area (Å²) in [6, 6.07) is 2.07. The summed E-state index contributed by atoms with van der Waals surface area (Å²) in [6.45, 7) is 0.122. The van der Waals surface area contributed by atoms with Crippen LogP contribution in [0.4, 0.5) is 17.6 Å². The largest absolute Gasteiger partial charge is 0.480 e. The molecule has 1 amide bonds. The van der Waals surface area contributed by atoms with E-state index >= 15 is 0 Å². The first-order valence-electron chi connectivity index (χ1n) is 6.56. The molecule has 1 heterocycles. The molecule has 2 rings (SSSR count). The maximum absolute atomic E-state index is 14.2. The van der Waals surface area contributed by atoms with Gasteiger partial charge in [0.15, 0.2) is 0 Å². The Hall–Kier alpha value is -2.12. The number of aliphatic carboxylic acids is 1. The van der Waals surface area contributed by atoms with E-state index in [1.165, 1.54) is 0 Å². The molecule has 8 heteroatoms. The zero-order chi connectivity index (χ0) is 16.5. The van der Waals surface area contributed by atoms with Gasteiger partial charge < -0.3 is 10.0 Å². The molecular weight excluding hydrogens is 306 g/mol. The minimum Gasteiger partial charge on any atom is -0.480 e. The highest BCUT2D eigenvalue weighted by Gasteiger charge is 2.38. The molecule has 1 N–H and O–H groups in total. The van der Waals surface area contributed by atoms with Gasteiger partial charge in [-0.05, 0) is 30.5 Å². The Morgan fingerprint density at radius 2 is 1.82 bits per heavy atom. The van der Waals surface area contributed by atoms with Crippen molar-refractivity contribution in [1.82, 2.24) is 4.90 Å². The van der Waals surface area contributed by atoms with Crippen molar-refractivity contribution >= 4 is 11.9 Å². The van der Waals surface area contributed by atoms with Crippen molar-refractivity contribution in [3.8, 4) is 0 Å². The number of carboxylic acid groups (broad SMARTS) is 1. The predicted molar refractivity (Wildman–Crippen MR) is 67.7 cm³/mol. The Kier molecular flexibility index (Phi) is 4.39. The molecule has 0 spiro atoms. The molecule has 1 saturated heterocycles. The number of alkyl halides is 4. The molecule has 120 valence electrons. The Labute approximate surface area is 123 Å². The van der Waals surface area contributed by atoms with Crippen LogP contribution in [0.25, 0.3) is 0 Å². The van der Waals surface area contributed by atoms with Gasteiger partial charge in [-0.2, -0.15) is 13.2 Å². The van der Waals surface area contributed by atoms with E-state index in [1.54, 1.807) is 0 Å². The van der Waals surface area contributed by atoms with Crippen molar-refractivity contribution in [1.29, 1.82) is 0 Å². The minimum atomic E-state index is -4.54. The molecule has 1 aliphatic rings. The van der Waals surface area contributed by atoms with Crippen LogP contribution < -0.4 is 0 Å². The third kappa shape index (κ3) is 3.20. The average Bonchev–Trinajstić information content (AvgIpc) is 2.94. The number of hydrogen-bond acceptors (Lipinski definition) is 2. The normalized spacial score (nSPS) is 20.0. The van der Waals surface area contributed by atoms with Gasteiger partial charge >= 0.3 is 12.1 Å². The maximum Gasteiger partial charge on any atom is 0.416 e. The van der Waals surface area contributed by atoms with E-state index in [4.69, 9.17) is 5.11 Å². The van der Waals surface area contributed by atoms with Gasteiger partial charge in [0, 0.05) is 6.54 Å². The fraction of sp³-hybridized carbons (Fsp3) is 0.429. The van der Waals surface area contributed by atoms with Gasteiger partial charge in [-0.1, -0.05) is 12.1 Å². The highest BCUT2D eigenvalue weighted by molar-refractivity contribution is 5.87. The van der Waals surface area contributed by atoms with Crippen molar-refractivity contribution in [2.24, 2.45) is 0 Å². The van der Waals surface area contributed by atoms with E-state index in [0.29, 0.717) is 18.6 Å². The van der Waals surface area contributed by atoms with Gasteiger partial charge in [-0.25, -0.2) is 9.18 Å². The van der Waals surface area contributed by atoms with E-state index in [1.807, 2.05) is 0 Å². The van der Waals surface area contributed by atoms with Gasteiger partial charge in [0.05, 0.1) is 5.56 Å². The number of hydrogen-bond donors (Lipinski definition) is 1. The summed E-state index contributed by atoms with van der Waals surface area (Å²) in [6.07, 6.45) is -6.04. The van der Waals surface area contributed by atoms with Crippen molar-refractivity contribution in [2.45, 2.75) is 31.2 Å². The maximum atomic E-state index is 14.2. The molecule has 0 aliphatic carbocycles. The number of carbonyl (C=O) groups excluding carboxylic acids is 1. The zero-order valence-corrected chi connectivity index (χ0v) is 11.3. The molecule has 2 unspecified atom stereocenters. The third-order valence-corrected chi connectivity index (χ3v) is 3.57. The fourth-order valence-corrected chi connectivity index (χ4v) is 2.42. The summed E-state index contributed by atoms with van der Waals surface area (Å²) >= 11 is 0. The number of likely N-dealkylation sites (tertiary alicyclic amines) is 1. The molecule has 0 saturated carbocycles. The quantitative estimate of drug-likeness (QED) is 0.872. The number of halogens is 4. The molecule has 22 heavy (non-hydrogen) atoms. The molecule has 2 atom stereocenters. The zero-order valence-electron chi connectivity index (χ0n) is 11.3. The lowest BCUT2D eigenvalue weighted by atomic mass is 10.1. The van der Waals surface area contributed by atoms with Crippen LogP contribution in [0.1, 0.15) is 30.1 Å². The lowest BCUT2D eigenvalue weighted by Crippen LogP contribution is -2.42. The molecule has 1 fully saturated rings. The van der Waals surface area contributed by atoms with Crippen molar-refractivity contribution in [3.05, 3.63) is 35.4 Å². The van der Waals surface area contributed by atoms with Crippen molar-refractivity contribution in [2.75, 3.05) is 6.54 Å². The second-order valence-electron chi connectivity index (χ2n) is 5.01. The van der Waals surface area contributed by atoms with Gasteiger partial charge in [0.2, 0.25) is 6.17 Å². The summed E-state index contributed by atoms with van der Waals surface area (Å²) in [7, 11) is 0. The molecule has 0 bridgehead atoms. The van der Waals surface area contributed by atoms with Crippen LogP contribution in [-0.2, 0) is 15.8 Å². The van der Waals surface area contributed by atoms with Crippen LogP contribution in [-0.4, -0.2) is 34.5 Å². The van der Waals surface area contributed by atoms with Crippen molar-refractivity contribution in [3.63, 3.8) is 0 Å². The Morgan fingerprint density at radius 1 is 1.23 bits per heavy atom. The second-order valence-corrected chi connectivity index (χ2v) is 5.01. The fourth-order valence-electron chi connectivity index (χ4n) is 2.42. The summed E-state index contributed by atoms with van der Waals surface area (Å²) in [5.74, 6) is -2.25. The molecule has 1 aromatic rings. The standard InChI is InChI=1S/C14H13F4NO3/c15-11(8-3-5-9(6-4-8)14(16,17)18)12(20)19-7-1-2-10(19)13(21)22/h3-6,10-11H,1-2,7H2,(H,21,22). The van der Waals surface area contributed by atoms with Crippen LogP contribution in [0.3, 0.4) is 0 Å². The highest BCUT2D eigenvalue weighted by Crippen LogP contribution is 2.31. The van der Waals surface area contributed by atoms with E-state index in [2.05, 4.69) is 0 Å². The highest BCUT2D eigenvalue weighted by atomic mass is 19.4. The Morgan fingerprint density at radius 3 is 2.32 bits per heavy atom. The van der Waals surface area contributed by atoms with Crippen LogP contribution in [0.15, 0.2) is 24.3 Å². The topological polar surface area (TPSA) is 57.6 Å². The lowest BCUT2D eigenvalue weighted by Gasteiger charge is -2.23. The SMILES string of the molecule is O=C(O)C1CCCN1C(=O)C(F)c1ccc(C(F)(F)F)cc1. The van der Waals surface area contributed by atoms with Gasteiger partial charge in [-0.15, -0.1) is 0 Å².